The van der Waals surface area contributed by atoms with Crippen LogP contribution >= 0.6 is 0 Å². The molecule has 2 rings (SSSR count). The van der Waals surface area contributed by atoms with E-state index in [-0.39, 0.29) is 31.6 Å². The summed E-state index contributed by atoms with van der Waals surface area (Å²) in [5.74, 6) is -1.68. The van der Waals surface area contributed by atoms with Gasteiger partial charge in [-0.3, -0.25) is 20.3 Å². The predicted molar refractivity (Wildman–Crippen MR) is 181 cm³/mol. The van der Waals surface area contributed by atoms with E-state index in [1.807, 2.05) is 63.0 Å². The number of hydrogen-bond acceptors (Lipinski definition) is 8. The van der Waals surface area contributed by atoms with Gasteiger partial charge in [-0.25, -0.2) is 14.6 Å². The summed E-state index contributed by atoms with van der Waals surface area (Å²) in [6, 6.07) is 8.49. The first-order valence-electron chi connectivity index (χ1n) is 17.4. The molecule has 0 heterocycles. The molecule has 0 aromatic heterocycles. The maximum atomic E-state index is 13.7. The second-order valence-electron chi connectivity index (χ2n) is 13.3. The lowest BCUT2D eigenvalue weighted by molar-refractivity contribution is -0.149. The number of hydrazine groups is 1. The molecule has 1 aliphatic rings. The number of carbonyl (C=O) groups excluding carboxylic acids is 4. The van der Waals surface area contributed by atoms with Gasteiger partial charge in [0.2, 0.25) is 5.72 Å². The van der Waals surface area contributed by atoms with E-state index in [1.54, 1.807) is 13.8 Å². The zero-order valence-electron chi connectivity index (χ0n) is 29.3. The van der Waals surface area contributed by atoms with Crippen LogP contribution < -0.4 is 21.4 Å². The van der Waals surface area contributed by atoms with Crippen molar-refractivity contribution in [1.29, 1.82) is 0 Å². The third kappa shape index (κ3) is 14.1. The lowest BCUT2D eigenvalue weighted by Gasteiger charge is -2.36. The number of aliphatic hydroxyl groups is 1. The van der Waals surface area contributed by atoms with Crippen LogP contribution in [0.25, 0.3) is 0 Å². The smallest absolute Gasteiger partial charge is 0.409 e. The number of carbonyl (C=O) groups is 4. The molecule has 0 radical (unpaired) electrons. The fourth-order valence-corrected chi connectivity index (χ4v) is 5.58. The van der Waals surface area contributed by atoms with Crippen LogP contribution in [0, 0.1) is 17.8 Å². The van der Waals surface area contributed by atoms with Gasteiger partial charge in [-0.1, -0.05) is 91.1 Å². The highest BCUT2D eigenvalue weighted by Gasteiger charge is 2.42. The van der Waals surface area contributed by atoms with Crippen LogP contribution in [0.3, 0.4) is 0 Å². The molecule has 12 heteroatoms. The molecule has 0 saturated heterocycles. The van der Waals surface area contributed by atoms with Crippen LogP contribution in [-0.4, -0.2) is 78.2 Å². The molecular formula is C35H59N5O7. The lowest BCUT2D eigenvalue weighted by Crippen LogP contribution is -2.65. The molecule has 1 aliphatic carbocycles. The molecule has 12 nitrogen and oxygen atoms in total. The van der Waals surface area contributed by atoms with Crippen molar-refractivity contribution in [1.82, 2.24) is 26.4 Å². The van der Waals surface area contributed by atoms with Crippen molar-refractivity contribution >= 4 is 24.0 Å². The van der Waals surface area contributed by atoms with Gasteiger partial charge >= 0.3 is 12.2 Å². The Balaban J connectivity index is 2.34. The summed E-state index contributed by atoms with van der Waals surface area (Å²) in [4.78, 5) is 52.2. The Morgan fingerprint density at radius 3 is 2.11 bits per heavy atom. The van der Waals surface area contributed by atoms with Crippen molar-refractivity contribution in [2.45, 2.75) is 117 Å². The molecule has 0 bridgehead atoms. The normalized spacial score (nSPS) is 16.2. The highest BCUT2D eigenvalue weighted by atomic mass is 16.6. The summed E-state index contributed by atoms with van der Waals surface area (Å²) in [5, 5.41) is 21.3. The van der Waals surface area contributed by atoms with Gasteiger partial charge < -0.3 is 25.2 Å². The molecule has 0 aliphatic heterocycles. The van der Waals surface area contributed by atoms with E-state index in [4.69, 9.17) is 9.47 Å². The number of nitrogens with zero attached hydrogens (tertiary/aromatic N) is 1. The largest absolute Gasteiger partial charge is 0.450 e. The van der Waals surface area contributed by atoms with Crippen LogP contribution in [0.2, 0.25) is 0 Å². The highest BCUT2D eigenvalue weighted by Crippen LogP contribution is 2.24. The average Bonchev–Trinajstić information content (AvgIpc) is 3.04. The lowest BCUT2D eigenvalue weighted by atomic mass is 9.89. The molecule has 266 valence electrons. The van der Waals surface area contributed by atoms with Crippen LogP contribution in [0.4, 0.5) is 9.59 Å². The zero-order valence-corrected chi connectivity index (χ0v) is 29.3. The Bertz CT molecular complexity index is 1100. The minimum absolute atomic E-state index is 0.152. The summed E-state index contributed by atoms with van der Waals surface area (Å²) in [7, 11) is 0. The first kappa shape index (κ1) is 39.8. The summed E-state index contributed by atoms with van der Waals surface area (Å²) in [5.41, 5.74) is 1.90. The summed E-state index contributed by atoms with van der Waals surface area (Å²) < 4.78 is 10.3. The van der Waals surface area contributed by atoms with Gasteiger partial charge in [-0.2, -0.15) is 0 Å². The molecule has 4 amide bonds. The zero-order chi connectivity index (χ0) is 34.8. The first-order valence-corrected chi connectivity index (χ1v) is 17.4. The van der Waals surface area contributed by atoms with Gasteiger partial charge in [-0.05, 0) is 55.9 Å². The molecule has 5 N–H and O–H groups in total. The number of aryl methyl sites for hydroxylation is 1. The number of alkyl carbamates (subject to hydrolysis) is 2. The number of amides is 4. The fourth-order valence-electron chi connectivity index (χ4n) is 5.58. The van der Waals surface area contributed by atoms with Gasteiger partial charge in [0.1, 0.15) is 6.04 Å². The highest BCUT2D eigenvalue weighted by molar-refractivity contribution is 5.88. The van der Waals surface area contributed by atoms with Crippen LogP contribution in [0.15, 0.2) is 30.3 Å². The molecule has 0 spiro atoms. The molecule has 0 unspecified atom stereocenters. The standard InChI is InChI=1S/C35H59N5O7/c1-7-21-46-33(43)37-30(25(3)4)31(41)39-40(23-28-17-13-10-14-18-28)24-29(20-19-27-15-11-9-12-16-27)36-32(42)35(45,26(5)6)38-34(44)47-22-8-2/h9,11-12,15-16,25-26,28-30,45H,7-8,10,13-14,17-24H2,1-6H3,(H,36,42)(H,37,43)(H,38,44)(H,39,41)/t29-,30-,35+/m0/s1. The molecule has 1 fully saturated rings. The topological polar surface area (TPSA) is 158 Å². The van der Waals surface area contributed by atoms with Crippen molar-refractivity contribution in [2.75, 3.05) is 26.3 Å². The molecular weight excluding hydrogens is 602 g/mol. The quantitative estimate of drug-likeness (QED) is 0.106. The third-order valence-electron chi connectivity index (χ3n) is 8.44. The van der Waals surface area contributed by atoms with E-state index in [9.17, 15) is 24.3 Å². The van der Waals surface area contributed by atoms with Gasteiger partial charge in [-0.15, -0.1) is 0 Å². The van der Waals surface area contributed by atoms with Gasteiger partial charge in [0, 0.05) is 25.0 Å². The van der Waals surface area contributed by atoms with Crippen LogP contribution in [-0.2, 0) is 25.5 Å². The predicted octanol–water partition coefficient (Wildman–Crippen LogP) is 4.66. The SMILES string of the molecule is CCCOC(=O)N[C@H](C(=O)NN(CC1CCCCC1)C[C@H](CCc1ccccc1)NC(=O)[C@@](O)(NC(=O)OCCC)C(C)C)C(C)C. The van der Waals surface area contributed by atoms with Crippen molar-refractivity contribution in [2.24, 2.45) is 17.8 Å². The minimum Gasteiger partial charge on any atom is -0.450 e. The molecule has 47 heavy (non-hydrogen) atoms. The van der Waals surface area contributed by atoms with Crippen LogP contribution in [0.5, 0.6) is 0 Å². The maximum absolute atomic E-state index is 13.7. The Morgan fingerprint density at radius 2 is 1.53 bits per heavy atom. The number of nitrogens with one attached hydrogen (secondary N) is 4. The van der Waals surface area contributed by atoms with Crippen molar-refractivity contribution < 1.29 is 33.8 Å². The number of ether oxygens (including phenoxy) is 2. The molecule has 1 aromatic rings. The Hall–Kier alpha value is -3.38. The Morgan fingerprint density at radius 1 is 0.915 bits per heavy atom. The molecule has 1 aromatic carbocycles. The van der Waals surface area contributed by atoms with E-state index in [0.717, 1.165) is 31.2 Å². The number of rotatable bonds is 19. The second-order valence-corrected chi connectivity index (χ2v) is 13.3. The van der Waals surface area contributed by atoms with E-state index < -0.39 is 41.8 Å². The van der Waals surface area contributed by atoms with Gasteiger partial charge in [0.15, 0.2) is 0 Å². The molecule has 1 saturated carbocycles. The number of hydrogen-bond donors (Lipinski definition) is 5. The Labute approximate surface area is 281 Å². The van der Waals surface area contributed by atoms with E-state index >= 15 is 0 Å². The fraction of sp³-hybridized carbons (Fsp3) is 0.714. The molecule has 3 atom stereocenters. The van der Waals surface area contributed by atoms with E-state index in [0.29, 0.717) is 38.1 Å². The van der Waals surface area contributed by atoms with Crippen molar-refractivity contribution in [3.63, 3.8) is 0 Å². The summed E-state index contributed by atoms with van der Waals surface area (Å²) in [6.45, 7) is 11.9. The Kier molecular flexibility index (Phi) is 17.6. The van der Waals surface area contributed by atoms with Crippen LogP contribution in [0.1, 0.15) is 98.5 Å². The van der Waals surface area contributed by atoms with Crippen molar-refractivity contribution in [3.8, 4) is 0 Å². The first-order chi connectivity index (χ1) is 22.4. The maximum Gasteiger partial charge on any atom is 0.409 e. The summed E-state index contributed by atoms with van der Waals surface area (Å²) in [6.07, 6.45) is 6.32. The van der Waals surface area contributed by atoms with Gasteiger partial charge in [0.05, 0.1) is 13.2 Å². The minimum atomic E-state index is -2.22. The average molecular weight is 662 g/mol. The van der Waals surface area contributed by atoms with Crippen molar-refractivity contribution in [3.05, 3.63) is 35.9 Å². The third-order valence-corrected chi connectivity index (χ3v) is 8.44. The number of benzene rings is 1. The van der Waals surface area contributed by atoms with E-state index in [2.05, 4.69) is 21.4 Å². The summed E-state index contributed by atoms with van der Waals surface area (Å²) >= 11 is 0. The monoisotopic (exact) mass is 661 g/mol. The van der Waals surface area contributed by atoms with E-state index in [1.165, 1.54) is 6.42 Å². The second kappa shape index (κ2) is 20.8. The van der Waals surface area contributed by atoms with Gasteiger partial charge in [0.25, 0.3) is 11.8 Å².